The van der Waals surface area contributed by atoms with Crippen molar-refractivity contribution in [2.24, 2.45) is 5.92 Å². The molecule has 0 aliphatic heterocycles. The summed E-state index contributed by atoms with van der Waals surface area (Å²) < 4.78 is 7.78. The molecule has 0 aliphatic carbocycles. The van der Waals surface area contributed by atoms with Gasteiger partial charge in [0.05, 0.1) is 12.5 Å². The van der Waals surface area contributed by atoms with Crippen LogP contribution in [0.15, 0.2) is 42.9 Å². The predicted molar refractivity (Wildman–Crippen MR) is 63.6 cm³/mol. The molecule has 0 N–H and O–H groups in total. The van der Waals surface area contributed by atoms with Crippen molar-refractivity contribution in [1.29, 1.82) is 0 Å². The lowest BCUT2D eigenvalue weighted by molar-refractivity contribution is 0.405. The summed E-state index contributed by atoms with van der Waals surface area (Å²) in [5, 5.41) is 0. The van der Waals surface area contributed by atoms with Crippen LogP contribution in [-0.2, 0) is 6.54 Å². The third-order valence-electron chi connectivity index (χ3n) is 2.20. The molecule has 0 fully saturated rings. The van der Waals surface area contributed by atoms with E-state index >= 15 is 0 Å². The van der Waals surface area contributed by atoms with Crippen molar-refractivity contribution in [3.63, 3.8) is 0 Å². The second-order valence-electron chi connectivity index (χ2n) is 4.19. The Kier molecular flexibility index (Phi) is 3.25. The van der Waals surface area contributed by atoms with Crippen LogP contribution in [-0.4, -0.2) is 9.55 Å². The third-order valence-corrected chi connectivity index (χ3v) is 2.20. The summed E-state index contributed by atoms with van der Waals surface area (Å²) in [6.07, 6.45) is 3.55. The number of ether oxygens (including phenoxy) is 1. The predicted octanol–water partition coefficient (Wildman–Crippen LogP) is 3.33. The number of nitrogens with zero attached hydrogens (tertiary/aromatic N) is 2. The van der Waals surface area contributed by atoms with E-state index in [0.717, 1.165) is 18.2 Å². The molecule has 2 rings (SSSR count). The number of hydrogen-bond acceptors (Lipinski definition) is 2. The second kappa shape index (κ2) is 4.84. The standard InChI is InChI=1S/C13H16N2O/c1-11(2)9-15-10-14-8-13(15)16-12-6-4-3-5-7-12/h3-8,10-11H,9H2,1-2H3. The Morgan fingerprint density at radius 2 is 2.00 bits per heavy atom. The maximum atomic E-state index is 5.75. The van der Waals surface area contributed by atoms with Crippen molar-refractivity contribution in [2.45, 2.75) is 20.4 Å². The van der Waals surface area contributed by atoms with Crippen molar-refractivity contribution < 1.29 is 4.74 Å². The molecule has 0 saturated heterocycles. The highest BCUT2D eigenvalue weighted by atomic mass is 16.5. The highest BCUT2D eigenvalue weighted by Gasteiger charge is 2.05. The maximum absolute atomic E-state index is 5.75. The summed E-state index contributed by atoms with van der Waals surface area (Å²) >= 11 is 0. The van der Waals surface area contributed by atoms with Gasteiger partial charge in [-0.3, -0.25) is 0 Å². The molecule has 0 spiro atoms. The van der Waals surface area contributed by atoms with Gasteiger partial charge in [-0.2, -0.15) is 0 Å². The van der Waals surface area contributed by atoms with Crippen molar-refractivity contribution in [2.75, 3.05) is 0 Å². The van der Waals surface area contributed by atoms with Gasteiger partial charge in [0.25, 0.3) is 0 Å². The van der Waals surface area contributed by atoms with Gasteiger partial charge in [0, 0.05) is 6.54 Å². The first-order valence-corrected chi connectivity index (χ1v) is 5.48. The van der Waals surface area contributed by atoms with E-state index in [2.05, 4.69) is 18.8 Å². The molecule has 84 valence electrons. The Balaban J connectivity index is 2.13. The Bertz CT molecular complexity index is 434. The monoisotopic (exact) mass is 216 g/mol. The lowest BCUT2D eigenvalue weighted by Gasteiger charge is -2.10. The van der Waals surface area contributed by atoms with E-state index in [0.29, 0.717) is 5.92 Å². The van der Waals surface area contributed by atoms with E-state index in [1.165, 1.54) is 0 Å². The van der Waals surface area contributed by atoms with Gasteiger partial charge in [-0.25, -0.2) is 4.98 Å². The molecule has 16 heavy (non-hydrogen) atoms. The summed E-state index contributed by atoms with van der Waals surface area (Å²) in [6.45, 7) is 5.26. The van der Waals surface area contributed by atoms with Crippen LogP contribution in [0.2, 0.25) is 0 Å². The first-order valence-electron chi connectivity index (χ1n) is 5.48. The van der Waals surface area contributed by atoms with Crippen LogP contribution in [0.4, 0.5) is 0 Å². The quantitative estimate of drug-likeness (QED) is 0.783. The van der Waals surface area contributed by atoms with Gasteiger partial charge in [0.1, 0.15) is 5.75 Å². The molecule has 0 saturated carbocycles. The number of benzene rings is 1. The second-order valence-corrected chi connectivity index (χ2v) is 4.19. The van der Waals surface area contributed by atoms with Crippen molar-refractivity contribution in [1.82, 2.24) is 9.55 Å². The van der Waals surface area contributed by atoms with E-state index in [9.17, 15) is 0 Å². The van der Waals surface area contributed by atoms with Gasteiger partial charge in [-0.05, 0) is 18.1 Å². The zero-order valence-electron chi connectivity index (χ0n) is 9.63. The SMILES string of the molecule is CC(C)Cn1cncc1Oc1ccccc1. The first kappa shape index (κ1) is 10.7. The van der Waals surface area contributed by atoms with E-state index in [1.54, 1.807) is 12.5 Å². The van der Waals surface area contributed by atoms with Crippen molar-refractivity contribution in [3.8, 4) is 11.6 Å². The molecule has 1 aromatic carbocycles. The average Bonchev–Trinajstić information content (AvgIpc) is 2.66. The summed E-state index contributed by atoms with van der Waals surface area (Å²) in [5.41, 5.74) is 0. The van der Waals surface area contributed by atoms with Crippen LogP contribution in [0.5, 0.6) is 11.6 Å². The molecule has 3 heteroatoms. The summed E-state index contributed by atoms with van der Waals surface area (Å²) in [7, 11) is 0. The smallest absolute Gasteiger partial charge is 0.219 e. The van der Waals surface area contributed by atoms with E-state index in [1.807, 2.05) is 34.9 Å². The number of para-hydroxylation sites is 1. The number of imidazole rings is 1. The molecule has 0 amide bonds. The maximum Gasteiger partial charge on any atom is 0.219 e. The molecule has 1 heterocycles. The molecule has 0 aliphatic rings. The third kappa shape index (κ3) is 2.63. The normalized spacial score (nSPS) is 10.7. The number of aromatic nitrogens is 2. The molecule has 1 aromatic heterocycles. The molecule has 0 radical (unpaired) electrons. The molecule has 2 aromatic rings. The molecule has 0 unspecified atom stereocenters. The Morgan fingerprint density at radius 1 is 1.25 bits per heavy atom. The fourth-order valence-corrected chi connectivity index (χ4v) is 1.53. The summed E-state index contributed by atoms with van der Waals surface area (Å²) in [6, 6.07) is 9.76. The topological polar surface area (TPSA) is 27.1 Å². The van der Waals surface area contributed by atoms with Crippen LogP contribution in [0, 0.1) is 5.92 Å². The van der Waals surface area contributed by atoms with Gasteiger partial charge in [0.15, 0.2) is 0 Å². The minimum Gasteiger partial charge on any atom is -0.439 e. The van der Waals surface area contributed by atoms with Crippen LogP contribution in [0.25, 0.3) is 0 Å². The zero-order valence-corrected chi connectivity index (χ0v) is 9.63. The molecule has 0 bridgehead atoms. The number of rotatable bonds is 4. The largest absolute Gasteiger partial charge is 0.439 e. The van der Waals surface area contributed by atoms with Crippen LogP contribution >= 0.6 is 0 Å². The molecule has 0 atom stereocenters. The minimum absolute atomic E-state index is 0.576. The fraction of sp³-hybridized carbons (Fsp3) is 0.308. The van der Waals surface area contributed by atoms with E-state index in [4.69, 9.17) is 4.74 Å². The van der Waals surface area contributed by atoms with E-state index < -0.39 is 0 Å². The van der Waals surface area contributed by atoms with Gasteiger partial charge < -0.3 is 9.30 Å². The molecular formula is C13H16N2O. The zero-order chi connectivity index (χ0) is 11.4. The molecule has 3 nitrogen and oxygen atoms in total. The summed E-state index contributed by atoms with van der Waals surface area (Å²) in [5.74, 6) is 2.21. The van der Waals surface area contributed by atoms with Crippen molar-refractivity contribution >= 4 is 0 Å². The van der Waals surface area contributed by atoms with Crippen LogP contribution in [0.3, 0.4) is 0 Å². The lowest BCUT2D eigenvalue weighted by Crippen LogP contribution is -2.04. The highest BCUT2D eigenvalue weighted by Crippen LogP contribution is 2.21. The van der Waals surface area contributed by atoms with Gasteiger partial charge in [0.2, 0.25) is 5.88 Å². The van der Waals surface area contributed by atoms with E-state index in [-0.39, 0.29) is 0 Å². The van der Waals surface area contributed by atoms with Crippen LogP contribution < -0.4 is 4.74 Å². The lowest BCUT2D eigenvalue weighted by atomic mass is 10.2. The fourth-order valence-electron chi connectivity index (χ4n) is 1.53. The van der Waals surface area contributed by atoms with Crippen molar-refractivity contribution in [3.05, 3.63) is 42.9 Å². The van der Waals surface area contributed by atoms with Gasteiger partial charge in [-0.1, -0.05) is 32.0 Å². The van der Waals surface area contributed by atoms with Gasteiger partial charge in [-0.15, -0.1) is 0 Å². The Labute approximate surface area is 95.7 Å². The van der Waals surface area contributed by atoms with Crippen LogP contribution in [0.1, 0.15) is 13.8 Å². The highest BCUT2D eigenvalue weighted by molar-refractivity contribution is 5.25. The minimum atomic E-state index is 0.576. The van der Waals surface area contributed by atoms with Gasteiger partial charge >= 0.3 is 0 Å². The first-order chi connectivity index (χ1) is 7.75. The molecular weight excluding hydrogens is 200 g/mol. The number of hydrogen-bond donors (Lipinski definition) is 0. The summed E-state index contributed by atoms with van der Waals surface area (Å²) in [4.78, 5) is 4.11. The Morgan fingerprint density at radius 3 is 2.69 bits per heavy atom. The average molecular weight is 216 g/mol. The Hall–Kier alpha value is -1.77.